The fourth-order valence-corrected chi connectivity index (χ4v) is 1.71. The number of esters is 1. The second kappa shape index (κ2) is 5.76. The highest BCUT2D eigenvalue weighted by molar-refractivity contribution is 7.96. The summed E-state index contributed by atoms with van der Waals surface area (Å²) in [7, 11) is 0. The minimum absolute atomic E-state index is 0.355. The lowest BCUT2D eigenvalue weighted by Crippen LogP contribution is -2.38. The topological polar surface area (TPSA) is 76.0 Å². The van der Waals surface area contributed by atoms with Crippen molar-refractivity contribution in [3.8, 4) is 0 Å². The molecule has 0 aromatic carbocycles. The van der Waals surface area contributed by atoms with Crippen LogP contribution in [0.4, 0.5) is 8.78 Å². The van der Waals surface area contributed by atoms with E-state index in [0.29, 0.717) is 19.3 Å². The lowest BCUT2D eigenvalue weighted by atomic mass is 9.95. The molecule has 2 N–H and O–H groups in total. The molecule has 0 spiro atoms. The third kappa shape index (κ3) is 3.55. The quantitative estimate of drug-likeness (QED) is 0.345. The molecule has 0 aromatic heterocycles. The van der Waals surface area contributed by atoms with E-state index in [1.54, 1.807) is 0 Å². The highest BCUT2D eigenvalue weighted by Gasteiger charge is 2.45. The Balaban J connectivity index is 2.49. The molecule has 8 heteroatoms. The summed E-state index contributed by atoms with van der Waals surface area (Å²) in [5.41, 5.74) is 0. The first kappa shape index (κ1) is 13.6. The fourth-order valence-electron chi connectivity index (χ4n) is 1.50. The van der Waals surface area contributed by atoms with E-state index in [0.717, 1.165) is 6.42 Å². The van der Waals surface area contributed by atoms with Crippen molar-refractivity contribution in [2.24, 2.45) is 0 Å². The summed E-state index contributed by atoms with van der Waals surface area (Å²) in [6.07, 6.45) is 0.449. The molecule has 1 aliphatic carbocycles. The lowest BCUT2D eigenvalue weighted by molar-refractivity contribution is -0.177. The maximum Gasteiger partial charge on any atom is 0.415 e. The van der Waals surface area contributed by atoms with E-state index in [9.17, 15) is 18.7 Å². The predicted octanol–water partition coefficient (Wildman–Crippen LogP) is 1.56. The molecule has 0 bridgehead atoms. The van der Waals surface area contributed by atoms with Crippen molar-refractivity contribution >= 4 is 18.0 Å². The van der Waals surface area contributed by atoms with Crippen molar-refractivity contribution < 1.29 is 33.0 Å². The van der Waals surface area contributed by atoms with Crippen LogP contribution in [-0.2, 0) is 13.9 Å². The number of alkyl halides is 2. The van der Waals surface area contributed by atoms with E-state index < -0.39 is 35.5 Å². The van der Waals surface area contributed by atoms with Gasteiger partial charge in [-0.15, -0.1) is 0 Å². The van der Waals surface area contributed by atoms with E-state index >= 15 is 0 Å². The second-order valence-electron chi connectivity index (χ2n) is 3.47. The minimum atomic E-state index is -3.98. The number of carbonyl (C=O) groups excluding carboxylic acids is 1. The molecular formula is C8H12F2O5S. The van der Waals surface area contributed by atoms with Gasteiger partial charge in [0.1, 0.15) is 18.1 Å². The van der Waals surface area contributed by atoms with Crippen LogP contribution < -0.4 is 0 Å². The van der Waals surface area contributed by atoms with Gasteiger partial charge in [-0.1, -0.05) is 6.42 Å². The first-order chi connectivity index (χ1) is 7.47. The van der Waals surface area contributed by atoms with Crippen LogP contribution in [0.2, 0.25) is 0 Å². The Morgan fingerprint density at radius 2 is 2.00 bits per heavy atom. The molecular weight excluding hydrogens is 246 g/mol. The molecule has 0 amide bonds. The molecule has 1 saturated carbocycles. The largest absolute Gasteiger partial charge is 0.454 e. The number of aliphatic hydroxyl groups is 1. The van der Waals surface area contributed by atoms with Gasteiger partial charge in [0.2, 0.25) is 0 Å². The standard InChI is InChI=1S/C8H12F2O5S/c9-8(10,16-15-13)7(12)14-6-4-2-1-3-5(6)11/h5-6,11,13H,1-4H2. The molecule has 16 heavy (non-hydrogen) atoms. The van der Waals surface area contributed by atoms with Crippen molar-refractivity contribution in [3.63, 3.8) is 0 Å². The van der Waals surface area contributed by atoms with Crippen LogP contribution in [0.15, 0.2) is 0 Å². The molecule has 0 heterocycles. The van der Waals surface area contributed by atoms with E-state index in [1.807, 2.05) is 0 Å². The minimum Gasteiger partial charge on any atom is -0.454 e. The van der Waals surface area contributed by atoms with Crippen LogP contribution in [0.3, 0.4) is 0 Å². The summed E-state index contributed by atoms with van der Waals surface area (Å²) >= 11 is -0.702. The molecule has 5 nitrogen and oxygen atoms in total. The van der Waals surface area contributed by atoms with Crippen LogP contribution in [-0.4, -0.2) is 33.8 Å². The Kier molecular flexibility index (Phi) is 4.90. The van der Waals surface area contributed by atoms with Gasteiger partial charge in [-0.25, -0.2) is 10.1 Å². The van der Waals surface area contributed by atoms with Gasteiger partial charge in [0.25, 0.3) is 0 Å². The summed E-state index contributed by atoms with van der Waals surface area (Å²) in [5.74, 6) is -1.82. The van der Waals surface area contributed by atoms with Crippen molar-refractivity contribution in [1.82, 2.24) is 0 Å². The Morgan fingerprint density at radius 1 is 1.38 bits per heavy atom. The molecule has 0 aliphatic heterocycles. The van der Waals surface area contributed by atoms with Crippen molar-refractivity contribution in [1.29, 1.82) is 0 Å². The third-order valence-electron chi connectivity index (χ3n) is 2.31. The van der Waals surface area contributed by atoms with Gasteiger partial charge < -0.3 is 9.84 Å². The third-order valence-corrected chi connectivity index (χ3v) is 2.76. The highest BCUT2D eigenvalue weighted by Crippen LogP contribution is 2.32. The lowest BCUT2D eigenvalue weighted by Gasteiger charge is -2.28. The molecule has 1 rings (SSSR count). The number of hydrogen-bond acceptors (Lipinski definition) is 6. The maximum absolute atomic E-state index is 12.8. The number of ether oxygens (including phenoxy) is 1. The predicted molar refractivity (Wildman–Crippen MR) is 50.6 cm³/mol. The van der Waals surface area contributed by atoms with Crippen molar-refractivity contribution in [3.05, 3.63) is 0 Å². The van der Waals surface area contributed by atoms with Gasteiger partial charge in [-0.05, 0) is 19.3 Å². The van der Waals surface area contributed by atoms with E-state index in [-0.39, 0.29) is 0 Å². The van der Waals surface area contributed by atoms with Crippen LogP contribution in [0.1, 0.15) is 25.7 Å². The number of carbonyl (C=O) groups is 1. The van der Waals surface area contributed by atoms with E-state index in [1.165, 1.54) is 0 Å². The SMILES string of the molecule is O=C(OC1CCCCC1O)C(F)(F)SOO. The molecule has 0 aromatic rings. The van der Waals surface area contributed by atoms with Gasteiger partial charge in [0.05, 0.1) is 6.10 Å². The van der Waals surface area contributed by atoms with Crippen LogP contribution in [0.25, 0.3) is 0 Å². The van der Waals surface area contributed by atoms with Crippen molar-refractivity contribution in [2.45, 2.75) is 43.1 Å². The molecule has 2 unspecified atom stereocenters. The molecule has 0 saturated heterocycles. The maximum atomic E-state index is 12.8. The number of hydrogen-bond donors (Lipinski definition) is 2. The average Bonchev–Trinajstić information content (AvgIpc) is 2.21. The summed E-state index contributed by atoms with van der Waals surface area (Å²) < 4.78 is 33.3. The average molecular weight is 258 g/mol. The van der Waals surface area contributed by atoms with Crippen LogP contribution in [0, 0.1) is 0 Å². The Morgan fingerprint density at radius 3 is 2.56 bits per heavy atom. The first-order valence-electron chi connectivity index (χ1n) is 4.73. The monoisotopic (exact) mass is 258 g/mol. The number of rotatable bonds is 4. The summed E-state index contributed by atoms with van der Waals surface area (Å²) in [6, 6.07) is 0. The summed E-state index contributed by atoms with van der Waals surface area (Å²) in [4.78, 5) is 11.0. The first-order valence-corrected chi connectivity index (χ1v) is 5.47. The molecule has 1 fully saturated rings. The van der Waals surface area contributed by atoms with Gasteiger partial charge >= 0.3 is 11.2 Å². The fraction of sp³-hybridized carbons (Fsp3) is 0.875. The van der Waals surface area contributed by atoms with Gasteiger partial charge in [-0.2, -0.15) is 13.1 Å². The second-order valence-corrected chi connectivity index (χ2v) is 4.30. The zero-order valence-electron chi connectivity index (χ0n) is 8.27. The smallest absolute Gasteiger partial charge is 0.415 e. The normalized spacial score (nSPS) is 26.5. The van der Waals surface area contributed by atoms with Crippen molar-refractivity contribution in [2.75, 3.05) is 0 Å². The van der Waals surface area contributed by atoms with Gasteiger partial charge in [0, 0.05) is 0 Å². The number of aliphatic hydroxyl groups excluding tert-OH is 1. The van der Waals surface area contributed by atoms with E-state index in [2.05, 4.69) is 9.07 Å². The molecule has 1 aliphatic rings. The van der Waals surface area contributed by atoms with Gasteiger partial charge in [0.15, 0.2) is 0 Å². The number of halogens is 2. The van der Waals surface area contributed by atoms with E-state index in [4.69, 9.17) is 5.26 Å². The zero-order valence-corrected chi connectivity index (χ0v) is 9.08. The Labute approximate surface area is 94.9 Å². The highest BCUT2D eigenvalue weighted by atomic mass is 32.2. The molecule has 94 valence electrons. The summed E-state index contributed by atoms with van der Waals surface area (Å²) in [6.45, 7) is 0. The van der Waals surface area contributed by atoms with Gasteiger partial charge in [-0.3, -0.25) is 0 Å². The molecule has 2 atom stereocenters. The van der Waals surface area contributed by atoms with Crippen LogP contribution >= 0.6 is 12.0 Å². The molecule has 0 radical (unpaired) electrons. The van der Waals surface area contributed by atoms with Crippen LogP contribution in [0.5, 0.6) is 0 Å². The Hall–Kier alpha value is -0.440. The zero-order chi connectivity index (χ0) is 12.2. The summed E-state index contributed by atoms with van der Waals surface area (Å²) in [5, 5.41) is 13.3. The Bertz CT molecular complexity index is 251.